The van der Waals surface area contributed by atoms with Gasteiger partial charge in [-0.15, -0.1) is 0 Å². The minimum absolute atomic E-state index is 0.786. The molecular formula is C8H19N3. The molecule has 0 atom stereocenters. The summed E-state index contributed by atoms with van der Waals surface area (Å²) in [5.41, 5.74) is 5.60. The van der Waals surface area contributed by atoms with E-state index in [2.05, 4.69) is 16.8 Å². The van der Waals surface area contributed by atoms with E-state index in [9.17, 15) is 0 Å². The second-order valence-electron chi connectivity index (χ2n) is 2.93. The van der Waals surface area contributed by atoms with Crippen LogP contribution in [-0.4, -0.2) is 37.9 Å². The van der Waals surface area contributed by atoms with Crippen molar-refractivity contribution in [2.24, 2.45) is 10.7 Å². The van der Waals surface area contributed by atoms with Crippen LogP contribution in [-0.2, 0) is 0 Å². The van der Waals surface area contributed by atoms with Gasteiger partial charge < -0.3 is 10.6 Å². The highest BCUT2D eigenvalue weighted by Crippen LogP contribution is 1.86. The van der Waals surface area contributed by atoms with E-state index >= 15 is 0 Å². The fourth-order valence-electron chi connectivity index (χ4n) is 0.729. The molecule has 3 nitrogen and oxygen atoms in total. The Bertz CT molecular complexity index is 119. The Morgan fingerprint density at radius 3 is 2.55 bits per heavy atom. The first-order chi connectivity index (χ1) is 5.16. The summed E-state index contributed by atoms with van der Waals surface area (Å²) in [4.78, 5) is 6.31. The average molecular weight is 157 g/mol. The van der Waals surface area contributed by atoms with Crippen LogP contribution < -0.4 is 5.73 Å². The number of nitrogens with two attached hydrogens (primary N) is 1. The first-order valence-electron chi connectivity index (χ1n) is 4.10. The molecule has 0 aromatic rings. The molecule has 0 aliphatic rings. The first kappa shape index (κ1) is 10.4. The Labute approximate surface area is 69.3 Å². The molecule has 0 spiro atoms. The lowest BCUT2D eigenvalue weighted by Crippen LogP contribution is -2.18. The molecule has 0 aliphatic carbocycles. The van der Waals surface area contributed by atoms with E-state index < -0.39 is 0 Å². The maximum atomic E-state index is 5.60. The molecule has 0 amide bonds. The van der Waals surface area contributed by atoms with Crippen LogP contribution in [0.5, 0.6) is 0 Å². The van der Waals surface area contributed by atoms with Crippen molar-refractivity contribution in [1.29, 1.82) is 0 Å². The largest absolute Gasteiger partial charge is 0.387 e. The normalized spacial score (nSPS) is 12.5. The van der Waals surface area contributed by atoms with Crippen molar-refractivity contribution in [2.45, 2.75) is 19.8 Å². The van der Waals surface area contributed by atoms with Gasteiger partial charge in [0.05, 0.1) is 12.4 Å². The van der Waals surface area contributed by atoms with Crippen molar-refractivity contribution in [2.75, 3.05) is 27.2 Å². The fourth-order valence-corrected chi connectivity index (χ4v) is 0.729. The quantitative estimate of drug-likeness (QED) is 0.471. The van der Waals surface area contributed by atoms with Crippen LogP contribution in [0.4, 0.5) is 0 Å². The zero-order valence-electron chi connectivity index (χ0n) is 7.80. The van der Waals surface area contributed by atoms with Crippen LogP contribution in [0.1, 0.15) is 19.8 Å². The summed E-state index contributed by atoms with van der Waals surface area (Å²) in [6.07, 6.45) is 2.00. The number of rotatable bonds is 5. The van der Waals surface area contributed by atoms with Gasteiger partial charge in [-0.25, -0.2) is 0 Å². The molecule has 0 radical (unpaired) electrons. The van der Waals surface area contributed by atoms with Crippen molar-refractivity contribution in [1.82, 2.24) is 4.90 Å². The van der Waals surface area contributed by atoms with Crippen LogP contribution in [0, 0.1) is 0 Å². The van der Waals surface area contributed by atoms with Gasteiger partial charge in [-0.05, 0) is 20.5 Å². The maximum Gasteiger partial charge on any atom is 0.0937 e. The number of aliphatic imine (C=N–C) groups is 1. The second kappa shape index (κ2) is 6.16. The van der Waals surface area contributed by atoms with Crippen molar-refractivity contribution in [3.8, 4) is 0 Å². The Morgan fingerprint density at radius 1 is 1.45 bits per heavy atom. The number of nitrogens with zero attached hydrogens (tertiary/aromatic N) is 2. The van der Waals surface area contributed by atoms with Gasteiger partial charge >= 0.3 is 0 Å². The van der Waals surface area contributed by atoms with Crippen LogP contribution in [0.3, 0.4) is 0 Å². The molecule has 0 fully saturated rings. The second-order valence-corrected chi connectivity index (χ2v) is 2.93. The third-order valence-corrected chi connectivity index (χ3v) is 1.37. The lowest BCUT2D eigenvalue weighted by molar-refractivity contribution is 0.420. The highest BCUT2D eigenvalue weighted by atomic mass is 15.1. The highest BCUT2D eigenvalue weighted by Gasteiger charge is 1.90. The lowest BCUT2D eigenvalue weighted by atomic mass is 10.3. The zero-order chi connectivity index (χ0) is 8.69. The molecule has 0 unspecified atom stereocenters. The zero-order valence-corrected chi connectivity index (χ0v) is 7.80. The summed E-state index contributed by atoms with van der Waals surface area (Å²) in [6, 6.07) is 0. The smallest absolute Gasteiger partial charge is 0.0937 e. The van der Waals surface area contributed by atoms with Crippen molar-refractivity contribution in [3.05, 3.63) is 0 Å². The number of likely N-dealkylation sites (N-methyl/N-ethyl adjacent to an activating group) is 1. The Hall–Kier alpha value is -0.570. The molecule has 0 saturated carbocycles. The fraction of sp³-hybridized carbons (Fsp3) is 0.875. The first-order valence-corrected chi connectivity index (χ1v) is 4.10. The lowest BCUT2D eigenvalue weighted by Gasteiger charge is -2.06. The van der Waals surface area contributed by atoms with Gasteiger partial charge in [-0.2, -0.15) is 0 Å². The van der Waals surface area contributed by atoms with Gasteiger partial charge in [0.2, 0.25) is 0 Å². The Balaban J connectivity index is 3.39. The molecule has 11 heavy (non-hydrogen) atoms. The number of hydrogen-bond acceptors (Lipinski definition) is 2. The summed E-state index contributed by atoms with van der Waals surface area (Å²) >= 11 is 0. The van der Waals surface area contributed by atoms with Crippen molar-refractivity contribution < 1.29 is 0 Å². The van der Waals surface area contributed by atoms with Gasteiger partial charge in [0.1, 0.15) is 0 Å². The summed E-state index contributed by atoms with van der Waals surface area (Å²) in [5.74, 6) is 0.786. The topological polar surface area (TPSA) is 41.6 Å². The van der Waals surface area contributed by atoms with E-state index in [0.717, 1.165) is 31.8 Å². The summed E-state index contributed by atoms with van der Waals surface area (Å²) in [7, 11) is 4.07. The summed E-state index contributed by atoms with van der Waals surface area (Å²) < 4.78 is 0. The predicted octanol–water partition coefficient (Wildman–Crippen LogP) is 0.705. The molecule has 2 N–H and O–H groups in total. The van der Waals surface area contributed by atoms with Crippen molar-refractivity contribution in [3.63, 3.8) is 0 Å². The Morgan fingerprint density at radius 2 is 2.09 bits per heavy atom. The van der Waals surface area contributed by atoms with Gasteiger partial charge in [0.15, 0.2) is 0 Å². The number of hydrogen-bond donors (Lipinski definition) is 1. The van der Waals surface area contributed by atoms with E-state index in [1.54, 1.807) is 0 Å². The van der Waals surface area contributed by atoms with Gasteiger partial charge in [-0.3, -0.25) is 4.99 Å². The molecule has 0 rings (SSSR count). The molecule has 0 aromatic carbocycles. The van der Waals surface area contributed by atoms with Crippen LogP contribution in [0.25, 0.3) is 0 Å². The monoisotopic (exact) mass is 157 g/mol. The van der Waals surface area contributed by atoms with Crippen LogP contribution in [0.2, 0.25) is 0 Å². The highest BCUT2D eigenvalue weighted by molar-refractivity contribution is 5.80. The van der Waals surface area contributed by atoms with E-state index in [4.69, 9.17) is 5.73 Å². The van der Waals surface area contributed by atoms with Crippen LogP contribution >= 0.6 is 0 Å². The SMILES string of the molecule is CCCC(N)=NCCN(C)C. The number of amidine groups is 1. The van der Waals surface area contributed by atoms with Crippen LogP contribution in [0.15, 0.2) is 4.99 Å². The van der Waals surface area contributed by atoms with Gasteiger partial charge in [-0.1, -0.05) is 6.92 Å². The molecule has 3 heteroatoms. The average Bonchev–Trinajstić information content (AvgIpc) is 1.87. The Kier molecular flexibility index (Phi) is 5.84. The third-order valence-electron chi connectivity index (χ3n) is 1.37. The summed E-state index contributed by atoms with van der Waals surface area (Å²) in [5, 5.41) is 0. The van der Waals surface area contributed by atoms with Gasteiger partial charge in [0, 0.05) is 13.0 Å². The molecule has 0 saturated heterocycles. The molecule has 0 aromatic heterocycles. The standard InChI is InChI=1S/C8H19N3/c1-4-5-8(9)10-6-7-11(2)3/h4-7H2,1-3H3,(H2,9,10). The molecule has 66 valence electrons. The third kappa shape index (κ3) is 7.33. The van der Waals surface area contributed by atoms with E-state index in [0.29, 0.717) is 0 Å². The minimum Gasteiger partial charge on any atom is -0.387 e. The molecule has 0 bridgehead atoms. The molecule has 0 heterocycles. The van der Waals surface area contributed by atoms with Crippen molar-refractivity contribution >= 4 is 5.84 Å². The molecular weight excluding hydrogens is 138 g/mol. The van der Waals surface area contributed by atoms with Gasteiger partial charge in [0.25, 0.3) is 0 Å². The molecule has 0 aliphatic heterocycles. The predicted molar refractivity (Wildman–Crippen MR) is 50.0 cm³/mol. The van der Waals surface area contributed by atoms with E-state index in [1.165, 1.54) is 0 Å². The minimum atomic E-state index is 0.786. The van der Waals surface area contributed by atoms with E-state index in [1.807, 2.05) is 14.1 Å². The maximum absolute atomic E-state index is 5.60. The van der Waals surface area contributed by atoms with E-state index in [-0.39, 0.29) is 0 Å². The summed E-state index contributed by atoms with van der Waals surface area (Å²) in [6.45, 7) is 3.90.